The quantitative estimate of drug-likeness (QED) is 0.499. The van der Waals surface area contributed by atoms with Gasteiger partial charge in [0.2, 0.25) is 0 Å². The summed E-state index contributed by atoms with van der Waals surface area (Å²) in [6, 6.07) is 16.9. The Labute approximate surface area is 251 Å². The minimum Gasteiger partial charge on any atom is -0.554 e. The number of benzene rings is 2. The van der Waals surface area contributed by atoms with E-state index in [4.69, 9.17) is 14.3 Å². The molecule has 35 heavy (non-hydrogen) atoms. The number of halogens is 3. The second-order valence-corrected chi connectivity index (χ2v) is 6.71. The maximum atomic E-state index is 10.4. The average Bonchev–Trinajstić information content (AvgIpc) is 3.36. The fourth-order valence-electron chi connectivity index (χ4n) is 2.38. The Balaban J connectivity index is -0.000000176. The zero-order chi connectivity index (χ0) is 27.0. The molecule has 1 N–H and O–H groups in total. The van der Waals surface area contributed by atoms with Crippen molar-refractivity contribution in [3.8, 4) is 5.75 Å². The summed E-state index contributed by atoms with van der Waals surface area (Å²) in [7, 11) is 5.74. The van der Waals surface area contributed by atoms with Gasteiger partial charge in [-0.25, -0.2) is 0 Å². The van der Waals surface area contributed by atoms with Gasteiger partial charge in [0.25, 0.3) is 0 Å². The fourth-order valence-corrected chi connectivity index (χ4v) is 2.38. The molecule has 0 saturated carbocycles. The number of anilines is 1. The van der Waals surface area contributed by atoms with Crippen molar-refractivity contribution in [2.24, 2.45) is 5.92 Å². The zero-order valence-electron chi connectivity index (χ0n) is 21.5. The molecule has 1 aliphatic rings. The summed E-state index contributed by atoms with van der Waals surface area (Å²) < 4.78 is 36.1. The van der Waals surface area contributed by atoms with E-state index >= 15 is 0 Å². The van der Waals surface area contributed by atoms with Gasteiger partial charge in [-0.15, -0.1) is 23.9 Å². The van der Waals surface area contributed by atoms with E-state index in [0.717, 1.165) is 30.4 Å². The van der Waals surface area contributed by atoms with Crippen LogP contribution >= 0.6 is 0 Å². The smallest absolute Gasteiger partial charge is 0.554 e. The number of alkyl halides is 3. The molecule has 0 spiro atoms. The first-order valence-corrected chi connectivity index (χ1v) is 10.2. The molecule has 1 radical (unpaired) electrons. The molecule has 1 aliphatic heterocycles. The van der Waals surface area contributed by atoms with Crippen LogP contribution in [0.5, 0.6) is 5.75 Å². The molecule has 5 nitrogen and oxygen atoms in total. The third kappa shape index (κ3) is 28.7. The summed E-state index contributed by atoms with van der Waals surface area (Å²) in [4.78, 5) is 25.9. The van der Waals surface area contributed by atoms with Crippen LogP contribution in [0.3, 0.4) is 0 Å². The van der Waals surface area contributed by atoms with Crippen LogP contribution in [0, 0.1) is 25.8 Å². The van der Waals surface area contributed by atoms with Crippen LogP contribution in [0.15, 0.2) is 42.5 Å². The first-order valence-electron chi connectivity index (χ1n) is 10.2. The van der Waals surface area contributed by atoms with E-state index in [1.807, 2.05) is 64.2 Å². The van der Waals surface area contributed by atoms with Crippen molar-refractivity contribution in [3.63, 3.8) is 0 Å². The fraction of sp³-hybridized carbons (Fsp3) is 0.400. The summed E-state index contributed by atoms with van der Waals surface area (Å²) in [5, 5.41) is 3.07. The van der Waals surface area contributed by atoms with Crippen LogP contribution in [0.25, 0.3) is 0 Å². The molecule has 2 aromatic carbocycles. The van der Waals surface area contributed by atoms with E-state index in [2.05, 4.69) is 37.7 Å². The van der Waals surface area contributed by atoms with Crippen molar-refractivity contribution < 1.29 is 83.7 Å². The minimum absolute atomic E-state index is 0. The van der Waals surface area contributed by atoms with E-state index < -0.39 is 6.18 Å². The predicted molar refractivity (Wildman–Crippen MR) is 132 cm³/mol. The van der Waals surface area contributed by atoms with Gasteiger partial charge in [0.05, 0.1) is 7.11 Å². The number of rotatable bonds is 3. The number of aryl methyl sites for hydroxylation is 2. The standard InChI is InChI=1S/C8H11N.C8H9O.C5H7BO.C2H3F3.2CH2O.K/c1-7-4-3-5-8(6-7)9-2;1-7-5-3-4-6-8(7)9-2;7-4-5-1-2-6-3-5;1-2(3,4)5;2*1-2;/h3-6,9H,1-2H3;3,5-6H,1-2H3;5H,1-3H2;1H3;2*1H2;/q;2*-1;;;;+1. The Morgan fingerprint density at radius 1 is 1.17 bits per heavy atom. The Hall–Kier alpha value is -1.46. The van der Waals surface area contributed by atoms with Crippen molar-refractivity contribution >= 4 is 32.8 Å². The molecule has 1 unspecified atom stereocenters. The average molecular weight is 519 g/mol. The maximum absolute atomic E-state index is 10.4. The molecule has 1 atom stereocenters. The number of ether oxygens (including phenoxy) is 1. The van der Waals surface area contributed by atoms with Gasteiger partial charge >= 0.3 is 57.6 Å². The largest absolute Gasteiger partial charge is 1.00 e. The van der Waals surface area contributed by atoms with Crippen LogP contribution in [-0.2, 0) is 14.4 Å². The molecular weight excluding hydrogens is 485 g/mol. The van der Waals surface area contributed by atoms with Gasteiger partial charge in [0, 0.05) is 25.4 Å². The third-order valence-electron chi connectivity index (χ3n) is 3.90. The van der Waals surface area contributed by atoms with Crippen molar-refractivity contribution in [2.75, 3.05) is 19.5 Å². The van der Waals surface area contributed by atoms with Crippen LogP contribution in [-0.4, -0.2) is 47.5 Å². The molecule has 189 valence electrons. The molecule has 0 aliphatic carbocycles. The first kappa shape index (κ1) is 40.7. The molecule has 1 fully saturated rings. The van der Waals surface area contributed by atoms with Crippen molar-refractivity contribution in [2.45, 2.75) is 46.0 Å². The summed E-state index contributed by atoms with van der Waals surface area (Å²) in [6.07, 6.45) is 1.09. The Kier molecular flexibility index (Phi) is 31.6. The van der Waals surface area contributed by atoms with Crippen LogP contribution in [0.2, 0.25) is 12.6 Å². The van der Waals surface area contributed by atoms with Gasteiger partial charge < -0.3 is 24.4 Å². The zero-order valence-corrected chi connectivity index (χ0v) is 24.6. The minimum atomic E-state index is -4.00. The monoisotopic (exact) mass is 519 g/mol. The normalized spacial score (nSPS) is 12.5. The molecule has 0 aromatic heterocycles. The molecule has 1 heterocycles. The van der Waals surface area contributed by atoms with Crippen LogP contribution < -0.4 is 61.4 Å². The second kappa shape index (κ2) is 27.1. The van der Waals surface area contributed by atoms with Crippen LogP contribution in [0.4, 0.5) is 18.9 Å². The van der Waals surface area contributed by atoms with Gasteiger partial charge in [-0.2, -0.15) is 31.4 Å². The summed E-state index contributed by atoms with van der Waals surface area (Å²) in [6.45, 7) is 8.28. The second-order valence-electron chi connectivity index (χ2n) is 6.71. The Morgan fingerprint density at radius 2 is 1.74 bits per heavy atom. The molecule has 0 amide bonds. The number of carbonyl (C=O) groups is 2. The Bertz CT molecular complexity index is 753. The first-order chi connectivity index (χ1) is 16.1. The third-order valence-corrected chi connectivity index (χ3v) is 3.90. The number of hydrogen-bond acceptors (Lipinski definition) is 5. The van der Waals surface area contributed by atoms with E-state index in [0.29, 0.717) is 0 Å². The van der Waals surface area contributed by atoms with Gasteiger partial charge in [-0.3, -0.25) is 6.29 Å². The predicted octanol–water partition coefficient (Wildman–Crippen LogP) is 2.70. The van der Waals surface area contributed by atoms with Gasteiger partial charge in [0.1, 0.15) is 20.9 Å². The molecule has 1 saturated heterocycles. The van der Waals surface area contributed by atoms with E-state index in [9.17, 15) is 18.0 Å². The molecule has 2 aromatic rings. The topological polar surface area (TPSA) is 72.5 Å². The van der Waals surface area contributed by atoms with Crippen molar-refractivity contribution in [1.82, 2.24) is 0 Å². The van der Waals surface area contributed by atoms with Crippen molar-refractivity contribution in [3.05, 3.63) is 59.7 Å². The number of methoxy groups -OCH3 is 1. The molecule has 10 heteroatoms. The van der Waals surface area contributed by atoms with Gasteiger partial charge in [-0.1, -0.05) is 31.8 Å². The summed E-state index contributed by atoms with van der Waals surface area (Å²) >= 11 is 0. The maximum Gasteiger partial charge on any atom is 1.00 e. The molecular formula is C25H34BF3KNO4-. The molecule has 3 rings (SSSR count). The summed E-state index contributed by atoms with van der Waals surface area (Å²) in [5.41, 5.74) is 3.62. The summed E-state index contributed by atoms with van der Waals surface area (Å²) in [5.74, 6) is 1.14. The number of hydrogen-bond donors (Lipinski definition) is 1. The van der Waals surface area contributed by atoms with E-state index in [1.165, 1.54) is 11.3 Å². The van der Waals surface area contributed by atoms with Crippen molar-refractivity contribution in [1.29, 1.82) is 0 Å². The molecule has 0 bridgehead atoms. The van der Waals surface area contributed by atoms with E-state index in [-0.39, 0.29) is 64.2 Å². The van der Waals surface area contributed by atoms with Gasteiger partial charge in [0.15, 0.2) is 0 Å². The Morgan fingerprint density at radius 3 is 2.03 bits per heavy atom. The van der Waals surface area contributed by atoms with Crippen LogP contribution in [0.1, 0.15) is 24.5 Å². The van der Waals surface area contributed by atoms with E-state index in [1.54, 1.807) is 7.11 Å². The number of nitrogens with one attached hydrogen (secondary N) is 1. The van der Waals surface area contributed by atoms with Gasteiger partial charge in [-0.05, 0) is 24.6 Å². The SMILES string of the molecule is C=O.C=O.CC(F)(F)F.CNc1cccc(C)c1.COc1c[c-]ccc1C.O=[C-]C1C[B]CC1.[K+]. The number of carbonyl (C=O) groups excluding carboxylic acids is 3.